The van der Waals surface area contributed by atoms with Crippen LogP contribution in [-0.2, 0) is 4.79 Å². The molecule has 0 aliphatic heterocycles. The molecule has 1 aromatic rings. The van der Waals surface area contributed by atoms with E-state index in [1.54, 1.807) is 18.2 Å². The maximum absolute atomic E-state index is 11.5. The number of carbonyl (C=O) groups is 2. The average molecular weight is 268 g/mol. The molecular formula is C12H14ClN3O2. The molecule has 3 N–H and O–H groups in total. The third kappa shape index (κ3) is 3.92. The summed E-state index contributed by atoms with van der Waals surface area (Å²) >= 11 is 5.92. The molecule has 0 heterocycles. The first kappa shape index (κ1) is 12.7. The molecule has 5 nitrogen and oxygen atoms in total. The first-order valence-electron chi connectivity index (χ1n) is 5.74. The minimum atomic E-state index is -0.441. The van der Waals surface area contributed by atoms with Gasteiger partial charge in [0.25, 0.3) is 0 Å². The number of anilines is 1. The molecule has 1 aliphatic carbocycles. The van der Waals surface area contributed by atoms with E-state index in [1.807, 2.05) is 6.07 Å². The van der Waals surface area contributed by atoms with Crippen LogP contribution in [0.2, 0.25) is 5.02 Å². The molecule has 0 unspecified atom stereocenters. The molecular weight excluding hydrogens is 254 g/mol. The lowest BCUT2D eigenvalue weighted by atomic mass is 10.3. The highest BCUT2D eigenvalue weighted by molar-refractivity contribution is 6.33. The number of amides is 3. The normalized spacial score (nSPS) is 13.8. The highest BCUT2D eigenvalue weighted by atomic mass is 35.5. The van der Waals surface area contributed by atoms with Crippen molar-refractivity contribution in [3.05, 3.63) is 29.3 Å². The number of halogens is 1. The van der Waals surface area contributed by atoms with Gasteiger partial charge in [-0.05, 0) is 25.0 Å². The van der Waals surface area contributed by atoms with Gasteiger partial charge in [0.1, 0.15) is 0 Å². The van der Waals surface area contributed by atoms with Crippen molar-refractivity contribution in [2.45, 2.75) is 18.9 Å². The minimum Gasteiger partial charge on any atom is -0.375 e. The number of urea groups is 1. The number of nitrogens with one attached hydrogen (secondary N) is 3. The second-order valence-corrected chi connectivity index (χ2v) is 4.54. The third-order valence-electron chi connectivity index (χ3n) is 2.48. The van der Waals surface area contributed by atoms with Gasteiger partial charge in [-0.3, -0.25) is 10.1 Å². The monoisotopic (exact) mass is 267 g/mol. The first-order chi connectivity index (χ1) is 8.65. The van der Waals surface area contributed by atoms with Gasteiger partial charge in [-0.15, -0.1) is 0 Å². The summed E-state index contributed by atoms with van der Waals surface area (Å²) in [5.41, 5.74) is 0.664. The molecule has 0 aromatic heterocycles. The molecule has 1 aromatic carbocycles. The summed E-state index contributed by atoms with van der Waals surface area (Å²) in [6.07, 6.45) is 1.97. The summed E-state index contributed by atoms with van der Waals surface area (Å²) in [7, 11) is 0. The van der Waals surface area contributed by atoms with Crippen molar-refractivity contribution in [3.8, 4) is 0 Å². The topological polar surface area (TPSA) is 70.2 Å². The Morgan fingerprint density at radius 1 is 1.28 bits per heavy atom. The standard InChI is InChI=1S/C12H14ClN3O2/c13-9-3-1-2-4-10(9)14-7-11(17)16-12(18)15-8-5-6-8/h1-4,8,14H,5-7H2,(H2,15,16,17,18). The molecule has 1 saturated carbocycles. The van der Waals surface area contributed by atoms with Crippen LogP contribution in [0, 0.1) is 0 Å². The lowest BCUT2D eigenvalue weighted by molar-refractivity contribution is -0.118. The minimum absolute atomic E-state index is 0.00181. The summed E-state index contributed by atoms with van der Waals surface area (Å²) in [5.74, 6) is -0.395. The van der Waals surface area contributed by atoms with Crippen molar-refractivity contribution in [1.82, 2.24) is 10.6 Å². The summed E-state index contributed by atoms with van der Waals surface area (Å²) in [6, 6.07) is 6.89. The molecule has 0 bridgehead atoms. The fourth-order valence-electron chi connectivity index (χ4n) is 1.40. The zero-order valence-corrected chi connectivity index (χ0v) is 10.5. The Morgan fingerprint density at radius 3 is 2.67 bits per heavy atom. The SMILES string of the molecule is O=C(CNc1ccccc1Cl)NC(=O)NC1CC1. The van der Waals surface area contributed by atoms with Crippen LogP contribution in [0.4, 0.5) is 10.5 Å². The van der Waals surface area contributed by atoms with E-state index in [0.29, 0.717) is 10.7 Å². The van der Waals surface area contributed by atoms with E-state index in [1.165, 1.54) is 0 Å². The Kier molecular flexibility index (Phi) is 4.04. The Morgan fingerprint density at radius 2 is 2.00 bits per heavy atom. The van der Waals surface area contributed by atoms with Gasteiger partial charge in [0, 0.05) is 6.04 Å². The van der Waals surface area contributed by atoms with Crippen LogP contribution in [0.1, 0.15) is 12.8 Å². The van der Waals surface area contributed by atoms with E-state index < -0.39 is 11.9 Å². The Balaban J connectivity index is 1.74. The van der Waals surface area contributed by atoms with Gasteiger partial charge in [0.05, 0.1) is 17.3 Å². The van der Waals surface area contributed by atoms with Gasteiger partial charge in [-0.2, -0.15) is 0 Å². The lowest BCUT2D eigenvalue weighted by Crippen LogP contribution is -2.42. The molecule has 3 amide bonds. The molecule has 96 valence electrons. The van der Waals surface area contributed by atoms with Crippen LogP contribution in [-0.4, -0.2) is 24.5 Å². The van der Waals surface area contributed by atoms with Crippen molar-refractivity contribution in [3.63, 3.8) is 0 Å². The van der Waals surface area contributed by atoms with Gasteiger partial charge in [-0.25, -0.2) is 4.79 Å². The number of hydrogen-bond acceptors (Lipinski definition) is 3. The van der Waals surface area contributed by atoms with Crippen molar-refractivity contribution >= 4 is 29.2 Å². The Bertz CT molecular complexity index is 460. The fourth-order valence-corrected chi connectivity index (χ4v) is 1.60. The second kappa shape index (κ2) is 5.73. The van der Waals surface area contributed by atoms with E-state index in [2.05, 4.69) is 16.0 Å². The fraction of sp³-hybridized carbons (Fsp3) is 0.333. The van der Waals surface area contributed by atoms with E-state index in [4.69, 9.17) is 11.6 Å². The second-order valence-electron chi connectivity index (χ2n) is 4.13. The predicted molar refractivity (Wildman–Crippen MR) is 69.6 cm³/mol. The largest absolute Gasteiger partial charge is 0.375 e. The molecule has 6 heteroatoms. The zero-order chi connectivity index (χ0) is 13.0. The summed E-state index contributed by atoms with van der Waals surface area (Å²) in [4.78, 5) is 22.7. The van der Waals surface area contributed by atoms with Crippen molar-refractivity contribution in [1.29, 1.82) is 0 Å². The quantitative estimate of drug-likeness (QED) is 0.778. The lowest BCUT2D eigenvalue weighted by Gasteiger charge is -2.08. The van der Waals surface area contributed by atoms with Gasteiger partial charge >= 0.3 is 6.03 Å². The molecule has 1 fully saturated rings. The smallest absolute Gasteiger partial charge is 0.321 e. The highest BCUT2D eigenvalue weighted by Crippen LogP contribution is 2.20. The van der Waals surface area contributed by atoms with Crippen molar-refractivity contribution < 1.29 is 9.59 Å². The maximum atomic E-state index is 11.5. The molecule has 0 spiro atoms. The van der Waals surface area contributed by atoms with Crippen molar-refractivity contribution in [2.24, 2.45) is 0 Å². The predicted octanol–water partition coefficient (Wildman–Crippen LogP) is 1.74. The van der Waals surface area contributed by atoms with E-state index in [9.17, 15) is 9.59 Å². The van der Waals surface area contributed by atoms with Gasteiger partial charge in [0.15, 0.2) is 0 Å². The highest BCUT2D eigenvalue weighted by Gasteiger charge is 2.23. The van der Waals surface area contributed by atoms with Crippen LogP contribution in [0.3, 0.4) is 0 Å². The molecule has 0 saturated heterocycles. The maximum Gasteiger partial charge on any atom is 0.321 e. The van der Waals surface area contributed by atoms with Crippen LogP contribution >= 0.6 is 11.6 Å². The van der Waals surface area contributed by atoms with E-state index in [-0.39, 0.29) is 12.6 Å². The van der Waals surface area contributed by atoms with Gasteiger partial charge in [0.2, 0.25) is 5.91 Å². The van der Waals surface area contributed by atoms with Crippen LogP contribution < -0.4 is 16.0 Å². The molecule has 18 heavy (non-hydrogen) atoms. The number of rotatable bonds is 4. The van der Waals surface area contributed by atoms with E-state index >= 15 is 0 Å². The molecule has 2 rings (SSSR count). The van der Waals surface area contributed by atoms with Crippen LogP contribution in [0.25, 0.3) is 0 Å². The Hall–Kier alpha value is -1.75. The van der Waals surface area contributed by atoms with Gasteiger partial charge in [-0.1, -0.05) is 23.7 Å². The van der Waals surface area contributed by atoms with Crippen LogP contribution in [0.15, 0.2) is 24.3 Å². The molecule has 0 radical (unpaired) electrons. The van der Waals surface area contributed by atoms with Gasteiger partial charge < -0.3 is 10.6 Å². The summed E-state index contributed by atoms with van der Waals surface area (Å²) in [5, 5.41) is 8.31. The van der Waals surface area contributed by atoms with Crippen LogP contribution in [0.5, 0.6) is 0 Å². The number of para-hydroxylation sites is 1. The number of imide groups is 1. The first-order valence-corrected chi connectivity index (χ1v) is 6.11. The third-order valence-corrected chi connectivity index (χ3v) is 2.81. The van der Waals surface area contributed by atoms with E-state index in [0.717, 1.165) is 12.8 Å². The molecule has 1 aliphatic rings. The average Bonchev–Trinajstić information content (AvgIpc) is 3.11. The number of hydrogen-bond donors (Lipinski definition) is 3. The Labute approximate surface area is 110 Å². The summed E-state index contributed by atoms with van der Waals surface area (Å²) < 4.78 is 0. The summed E-state index contributed by atoms with van der Waals surface area (Å²) in [6.45, 7) is 0.00181. The zero-order valence-electron chi connectivity index (χ0n) is 9.70. The van der Waals surface area contributed by atoms with Crippen molar-refractivity contribution in [2.75, 3.05) is 11.9 Å². The number of benzene rings is 1. The molecule has 0 atom stereocenters. The number of carbonyl (C=O) groups excluding carboxylic acids is 2.